The van der Waals surface area contributed by atoms with Crippen molar-refractivity contribution in [3.8, 4) is 0 Å². The highest BCUT2D eigenvalue weighted by atomic mass is 16.6. The number of nitrogens with zero attached hydrogens (tertiary/aromatic N) is 2. The summed E-state index contributed by atoms with van der Waals surface area (Å²) in [4.78, 5) is 14.5. The minimum absolute atomic E-state index is 0.0177. The Morgan fingerprint density at radius 1 is 1.41 bits per heavy atom. The molecule has 0 unspecified atom stereocenters. The molecular formula is C10H15N5O2. The second-order valence-electron chi connectivity index (χ2n) is 4.09. The van der Waals surface area contributed by atoms with Crippen LogP contribution >= 0.6 is 0 Å². The van der Waals surface area contributed by atoms with Gasteiger partial charge in [0, 0.05) is 12.1 Å². The van der Waals surface area contributed by atoms with E-state index in [2.05, 4.69) is 15.7 Å². The van der Waals surface area contributed by atoms with Crippen LogP contribution in [0.15, 0.2) is 12.1 Å². The van der Waals surface area contributed by atoms with Crippen LogP contribution in [0.25, 0.3) is 0 Å². The average molecular weight is 237 g/mol. The molecule has 1 fully saturated rings. The van der Waals surface area contributed by atoms with Crippen molar-refractivity contribution in [3.05, 3.63) is 22.2 Å². The lowest BCUT2D eigenvalue weighted by Crippen LogP contribution is -2.18. The minimum Gasteiger partial charge on any atom is -0.362 e. The Balaban J connectivity index is 2.24. The van der Waals surface area contributed by atoms with Crippen LogP contribution in [0.2, 0.25) is 0 Å². The van der Waals surface area contributed by atoms with E-state index in [1.807, 2.05) is 0 Å². The first-order valence-corrected chi connectivity index (χ1v) is 5.59. The molecule has 1 saturated carbocycles. The predicted octanol–water partition coefficient (Wildman–Crippen LogP) is 1.63. The minimum atomic E-state index is -0.440. The van der Waals surface area contributed by atoms with Crippen LogP contribution in [0.4, 0.5) is 17.3 Å². The first kappa shape index (κ1) is 11.6. The highest BCUT2D eigenvalue weighted by molar-refractivity contribution is 5.60. The lowest BCUT2D eigenvalue weighted by molar-refractivity contribution is -0.384. The number of hydrogen-bond acceptors (Lipinski definition) is 6. The molecule has 1 aliphatic rings. The summed E-state index contributed by atoms with van der Waals surface area (Å²) in [5.41, 5.74) is 2.37. The number of nitrogen functional groups attached to an aromatic ring is 1. The fraction of sp³-hybridized carbons (Fsp3) is 0.500. The molecule has 92 valence electrons. The molecule has 0 aromatic carbocycles. The summed E-state index contributed by atoms with van der Waals surface area (Å²) in [7, 11) is 0. The van der Waals surface area contributed by atoms with E-state index < -0.39 is 4.92 Å². The van der Waals surface area contributed by atoms with E-state index in [4.69, 9.17) is 5.84 Å². The fourth-order valence-corrected chi connectivity index (χ4v) is 2.05. The van der Waals surface area contributed by atoms with Crippen molar-refractivity contribution in [1.29, 1.82) is 0 Å². The number of nitrogens with two attached hydrogens (primary N) is 1. The Morgan fingerprint density at radius 2 is 2.12 bits per heavy atom. The van der Waals surface area contributed by atoms with Crippen LogP contribution in [0.5, 0.6) is 0 Å². The van der Waals surface area contributed by atoms with E-state index in [1.54, 1.807) is 0 Å². The van der Waals surface area contributed by atoms with Gasteiger partial charge in [-0.25, -0.2) is 10.8 Å². The molecule has 1 heterocycles. The summed E-state index contributed by atoms with van der Waals surface area (Å²) < 4.78 is 0. The molecule has 1 aliphatic carbocycles. The summed E-state index contributed by atoms with van der Waals surface area (Å²) in [5, 5.41) is 14.0. The molecule has 7 heteroatoms. The molecule has 1 aromatic rings. The van der Waals surface area contributed by atoms with Gasteiger partial charge in [0.15, 0.2) is 0 Å². The predicted molar refractivity (Wildman–Crippen MR) is 64.6 cm³/mol. The van der Waals surface area contributed by atoms with Crippen molar-refractivity contribution >= 4 is 17.3 Å². The summed E-state index contributed by atoms with van der Waals surface area (Å²) in [6, 6.07) is 3.16. The molecule has 0 saturated heterocycles. The molecule has 0 amide bonds. The van der Waals surface area contributed by atoms with Gasteiger partial charge in [0.25, 0.3) is 0 Å². The summed E-state index contributed by atoms with van der Waals surface area (Å²) in [5.74, 6) is 5.95. The first-order chi connectivity index (χ1) is 8.20. The van der Waals surface area contributed by atoms with Crippen molar-refractivity contribution in [2.45, 2.75) is 31.7 Å². The third-order valence-electron chi connectivity index (χ3n) is 2.91. The smallest absolute Gasteiger partial charge is 0.311 e. The van der Waals surface area contributed by atoms with Crippen molar-refractivity contribution in [1.82, 2.24) is 4.98 Å². The lowest BCUT2D eigenvalue weighted by Gasteiger charge is -2.13. The molecule has 0 bridgehead atoms. The Labute approximate surface area is 98.5 Å². The first-order valence-electron chi connectivity index (χ1n) is 5.59. The molecule has 0 spiro atoms. The number of anilines is 2. The number of aromatic nitrogens is 1. The van der Waals surface area contributed by atoms with Crippen LogP contribution < -0.4 is 16.6 Å². The van der Waals surface area contributed by atoms with Crippen LogP contribution in [0.3, 0.4) is 0 Å². The number of nitrogens with one attached hydrogen (secondary N) is 2. The Bertz CT molecular complexity index is 417. The summed E-state index contributed by atoms with van der Waals surface area (Å²) in [6.07, 6.45) is 4.36. The number of hydrogen-bond donors (Lipinski definition) is 3. The molecule has 0 radical (unpaired) electrons. The molecule has 4 N–H and O–H groups in total. The second-order valence-corrected chi connectivity index (χ2v) is 4.09. The topological polar surface area (TPSA) is 106 Å². The standard InChI is InChI=1S/C10H15N5O2/c11-14-9-6-5-8(15(16)17)10(13-9)12-7-3-1-2-4-7/h5-7H,1-4,11H2,(H2,12,13,14). The van der Waals surface area contributed by atoms with Gasteiger partial charge in [0.1, 0.15) is 5.82 Å². The lowest BCUT2D eigenvalue weighted by atomic mass is 10.2. The summed E-state index contributed by atoms with van der Waals surface area (Å²) >= 11 is 0. The second kappa shape index (κ2) is 4.96. The molecular weight excluding hydrogens is 222 g/mol. The van der Waals surface area contributed by atoms with Gasteiger partial charge in [-0.2, -0.15) is 0 Å². The largest absolute Gasteiger partial charge is 0.362 e. The molecule has 7 nitrogen and oxygen atoms in total. The third-order valence-corrected chi connectivity index (χ3v) is 2.91. The van der Waals surface area contributed by atoms with Crippen molar-refractivity contribution in [2.75, 3.05) is 10.7 Å². The van der Waals surface area contributed by atoms with Gasteiger partial charge in [-0.15, -0.1) is 0 Å². The maximum Gasteiger partial charge on any atom is 0.311 e. The Hall–Kier alpha value is -1.89. The molecule has 0 atom stereocenters. The Morgan fingerprint density at radius 3 is 2.71 bits per heavy atom. The number of pyridine rings is 1. The van der Waals surface area contributed by atoms with E-state index in [-0.39, 0.29) is 17.5 Å². The zero-order valence-corrected chi connectivity index (χ0v) is 9.35. The zero-order valence-electron chi connectivity index (χ0n) is 9.35. The van der Waals surface area contributed by atoms with Gasteiger partial charge in [-0.3, -0.25) is 10.1 Å². The van der Waals surface area contributed by atoms with E-state index in [0.29, 0.717) is 5.82 Å². The maximum absolute atomic E-state index is 10.9. The van der Waals surface area contributed by atoms with Crippen LogP contribution in [-0.2, 0) is 0 Å². The van der Waals surface area contributed by atoms with Crippen molar-refractivity contribution < 1.29 is 4.92 Å². The van der Waals surface area contributed by atoms with Crippen LogP contribution in [0, 0.1) is 10.1 Å². The molecule has 2 rings (SSSR count). The molecule has 0 aliphatic heterocycles. The highest BCUT2D eigenvalue weighted by Gasteiger charge is 2.21. The maximum atomic E-state index is 10.9. The van der Waals surface area contributed by atoms with Gasteiger partial charge >= 0.3 is 5.69 Å². The van der Waals surface area contributed by atoms with E-state index in [1.165, 1.54) is 12.1 Å². The summed E-state index contributed by atoms with van der Waals surface area (Å²) in [6.45, 7) is 0. The van der Waals surface area contributed by atoms with Gasteiger partial charge in [-0.05, 0) is 18.9 Å². The number of rotatable bonds is 4. The van der Waals surface area contributed by atoms with Gasteiger partial charge in [0.05, 0.1) is 4.92 Å². The van der Waals surface area contributed by atoms with Gasteiger partial charge in [0.2, 0.25) is 5.82 Å². The van der Waals surface area contributed by atoms with Crippen molar-refractivity contribution in [3.63, 3.8) is 0 Å². The fourth-order valence-electron chi connectivity index (χ4n) is 2.05. The highest BCUT2D eigenvalue weighted by Crippen LogP contribution is 2.28. The quantitative estimate of drug-likeness (QED) is 0.417. The monoisotopic (exact) mass is 237 g/mol. The van der Waals surface area contributed by atoms with Crippen LogP contribution in [0.1, 0.15) is 25.7 Å². The van der Waals surface area contributed by atoms with E-state index in [0.717, 1.165) is 25.7 Å². The number of hydrazine groups is 1. The van der Waals surface area contributed by atoms with Gasteiger partial charge < -0.3 is 10.7 Å². The van der Waals surface area contributed by atoms with Crippen LogP contribution in [-0.4, -0.2) is 15.9 Å². The molecule has 1 aromatic heterocycles. The molecule has 17 heavy (non-hydrogen) atoms. The van der Waals surface area contributed by atoms with E-state index in [9.17, 15) is 10.1 Å². The Kier molecular flexibility index (Phi) is 3.38. The SMILES string of the molecule is NNc1ccc([N+](=O)[O-])c(NC2CCCC2)n1. The van der Waals surface area contributed by atoms with Gasteiger partial charge in [-0.1, -0.05) is 12.8 Å². The normalized spacial score (nSPS) is 15.8. The zero-order chi connectivity index (χ0) is 12.3. The van der Waals surface area contributed by atoms with E-state index >= 15 is 0 Å². The third kappa shape index (κ3) is 2.62. The average Bonchev–Trinajstić information content (AvgIpc) is 2.81. The van der Waals surface area contributed by atoms with Crippen molar-refractivity contribution in [2.24, 2.45) is 5.84 Å². The number of nitro groups is 1.